The monoisotopic (exact) mass is 338 g/mol. The third-order valence-corrected chi connectivity index (χ3v) is 5.01. The fourth-order valence-corrected chi connectivity index (χ4v) is 3.97. The summed E-state index contributed by atoms with van der Waals surface area (Å²) < 4.78 is 0. The Bertz CT molecular complexity index is 646. The molecular weight excluding hydrogens is 304 g/mol. The summed E-state index contributed by atoms with van der Waals surface area (Å²) in [6.07, 6.45) is 7.15. The summed E-state index contributed by atoms with van der Waals surface area (Å²) in [5.74, 6) is 1.85. The lowest BCUT2D eigenvalue weighted by Gasteiger charge is -2.27. The highest BCUT2D eigenvalue weighted by molar-refractivity contribution is 5.19. The fraction of sp³-hybridized carbons (Fsp3) is 0.565. The van der Waals surface area contributed by atoms with E-state index in [1.807, 2.05) is 12.4 Å². The number of aromatic nitrogens is 2. The number of hydrogen-bond donors (Lipinski definition) is 0. The van der Waals surface area contributed by atoms with Crippen LogP contribution in [0.1, 0.15) is 77.3 Å². The smallest absolute Gasteiger partial charge is 0.0463 e. The average molecular weight is 339 g/mol. The Morgan fingerprint density at radius 1 is 0.960 bits per heavy atom. The van der Waals surface area contributed by atoms with Gasteiger partial charge in [-0.05, 0) is 66.8 Å². The van der Waals surface area contributed by atoms with E-state index in [2.05, 4.69) is 76.9 Å². The zero-order valence-corrected chi connectivity index (χ0v) is 16.8. The van der Waals surface area contributed by atoms with Crippen molar-refractivity contribution in [3.05, 3.63) is 59.7 Å². The summed E-state index contributed by atoms with van der Waals surface area (Å²) in [6.45, 7) is 13.8. The van der Waals surface area contributed by atoms with E-state index in [0.717, 1.165) is 12.8 Å². The molecule has 25 heavy (non-hydrogen) atoms. The summed E-state index contributed by atoms with van der Waals surface area (Å²) in [6, 6.07) is 10.8. The van der Waals surface area contributed by atoms with Gasteiger partial charge in [-0.3, -0.25) is 9.97 Å². The molecule has 0 aliphatic carbocycles. The molecule has 0 saturated heterocycles. The van der Waals surface area contributed by atoms with Crippen LogP contribution >= 0.6 is 0 Å². The Hall–Kier alpha value is -1.70. The fourth-order valence-electron chi connectivity index (χ4n) is 3.97. The van der Waals surface area contributed by atoms with Crippen LogP contribution in [0, 0.1) is 11.8 Å². The van der Waals surface area contributed by atoms with Crippen molar-refractivity contribution in [1.29, 1.82) is 0 Å². The molecule has 1 unspecified atom stereocenters. The molecule has 0 radical (unpaired) electrons. The first-order valence-electron chi connectivity index (χ1n) is 9.64. The van der Waals surface area contributed by atoms with E-state index in [1.165, 1.54) is 23.4 Å². The molecule has 2 aromatic rings. The van der Waals surface area contributed by atoms with Gasteiger partial charge in [0.1, 0.15) is 0 Å². The normalized spacial score (nSPS) is 14.5. The molecule has 2 heteroatoms. The first-order valence-corrected chi connectivity index (χ1v) is 9.64. The van der Waals surface area contributed by atoms with Crippen molar-refractivity contribution in [3.8, 4) is 0 Å². The molecule has 0 bridgehead atoms. The predicted molar refractivity (Wildman–Crippen MR) is 107 cm³/mol. The molecule has 2 nitrogen and oxygen atoms in total. The molecule has 0 N–H and O–H groups in total. The van der Waals surface area contributed by atoms with Crippen molar-refractivity contribution in [2.75, 3.05) is 0 Å². The quantitative estimate of drug-likeness (QED) is 0.575. The maximum absolute atomic E-state index is 5.01. The van der Waals surface area contributed by atoms with Crippen LogP contribution in [-0.4, -0.2) is 9.97 Å². The molecule has 0 spiro atoms. The van der Waals surface area contributed by atoms with Gasteiger partial charge in [0.15, 0.2) is 0 Å². The lowest BCUT2D eigenvalue weighted by molar-refractivity contribution is 0.388. The van der Waals surface area contributed by atoms with Crippen molar-refractivity contribution in [3.63, 3.8) is 0 Å². The molecule has 0 saturated carbocycles. The molecule has 2 atom stereocenters. The molecule has 136 valence electrons. The van der Waals surface area contributed by atoms with Crippen molar-refractivity contribution in [1.82, 2.24) is 9.97 Å². The molecule has 2 heterocycles. The van der Waals surface area contributed by atoms with Crippen LogP contribution in [0.15, 0.2) is 42.7 Å². The lowest BCUT2D eigenvalue weighted by Crippen LogP contribution is -2.22. The minimum absolute atomic E-state index is 0.137. The Balaban J connectivity index is 2.01. The van der Waals surface area contributed by atoms with Gasteiger partial charge >= 0.3 is 0 Å². The van der Waals surface area contributed by atoms with Gasteiger partial charge in [-0.15, -0.1) is 0 Å². The highest BCUT2D eigenvalue weighted by Gasteiger charge is 2.24. The number of rotatable bonds is 8. The van der Waals surface area contributed by atoms with Gasteiger partial charge in [-0.25, -0.2) is 0 Å². The van der Waals surface area contributed by atoms with E-state index in [9.17, 15) is 0 Å². The summed E-state index contributed by atoms with van der Waals surface area (Å²) >= 11 is 0. The lowest BCUT2D eigenvalue weighted by atomic mass is 9.80. The summed E-state index contributed by atoms with van der Waals surface area (Å²) in [4.78, 5) is 9.13. The van der Waals surface area contributed by atoms with Crippen LogP contribution in [0.5, 0.6) is 0 Å². The zero-order chi connectivity index (χ0) is 18.4. The van der Waals surface area contributed by atoms with Gasteiger partial charge in [-0.2, -0.15) is 0 Å². The Kier molecular flexibility index (Phi) is 6.75. The van der Waals surface area contributed by atoms with Crippen molar-refractivity contribution < 1.29 is 0 Å². The van der Waals surface area contributed by atoms with Gasteiger partial charge in [-0.1, -0.05) is 47.6 Å². The minimum Gasteiger partial charge on any atom is -0.265 e. The number of pyridine rings is 2. The Morgan fingerprint density at radius 3 is 2.28 bits per heavy atom. The SMILES string of the molecule is CC(C)CC(C)(C)c1cccc(CC(C)C[C@@H](C)c2ccncc2)n1. The first-order chi connectivity index (χ1) is 11.8. The first kappa shape index (κ1) is 19.6. The van der Waals surface area contributed by atoms with Crippen LogP contribution in [0.25, 0.3) is 0 Å². The number of hydrogen-bond acceptors (Lipinski definition) is 2. The second-order valence-corrected chi connectivity index (χ2v) is 8.72. The molecular formula is C23H34N2. The molecule has 0 aliphatic heterocycles. The standard InChI is InChI=1S/C23H34N2/c1-17(2)16-23(5,6)22-9-7-8-21(25-22)15-18(3)14-19(4)20-10-12-24-13-11-20/h7-13,17-19H,14-16H2,1-6H3/t18?,19-/m1/s1. The van der Waals surface area contributed by atoms with E-state index in [4.69, 9.17) is 4.98 Å². The molecule has 0 fully saturated rings. The Morgan fingerprint density at radius 2 is 1.64 bits per heavy atom. The van der Waals surface area contributed by atoms with Gasteiger partial charge < -0.3 is 0 Å². The average Bonchev–Trinajstić information content (AvgIpc) is 2.54. The highest BCUT2D eigenvalue weighted by atomic mass is 14.7. The van der Waals surface area contributed by atoms with Gasteiger partial charge in [0.25, 0.3) is 0 Å². The molecule has 0 aliphatic rings. The van der Waals surface area contributed by atoms with Crippen LogP contribution in [0.4, 0.5) is 0 Å². The summed E-state index contributed by atoms with van der Waals surface area (Å²) in [7, 11) is 0. The molecule has 2 aromatic heterocycles. The summed E-state index contributed by atoms with van der Waals surface area (Å²) in [5.41, 5.74) is 3.97. The summed E-state index contributed by atoms with van der Waals surface area (Å²) in [5, 5.41) is 0. The van der Waals surface area contributed by atoms with E-state index < -0.39 is 0 Å². The van der Waals surface area contributed by atoms with Crippen LogP contribution in [0.3, 0.4) is 0 Å². The number of nitrogens with zero attached hydrogens (tertiary/aromatic N) is 2. The zero-order valence-electron chi connectivity index (χ0n) is 16.8. The Labute approximate surface area is 154 Å². The predicted octanol–water partition coefficient (Wildman–Crippen LogP) is 6.17. The second kappa shape index (κ2) is 8.60. The topological polar surface area (TPSA) is 25.8 Å². The van der Waals surface area contributed by atoms with E-state index in [-0.39, 0.29) is 5.41 Å². The van der Waals surface area contributed by atoms with Crippen LogP contribution < -0.4 is 0 Å². The molecule has 0 amide bonds. The van der Waals surface area contributed by atoms with Crippen molar-refractivity contribution in [2.24, 2.45) is 11.8 Å². The highest BCUT2D eigenvalue weighted by Crippen LogP contribution is 2.30. The minimum atomic E-state index is 0.137. The third-order valence-electron chi connectivity index (χ3n) is 5.01. The van der Waals surface area contributed by atoms with E-state index >= 15 is 0 Å². The largest absolute Gasteiger partial charge is 0.265 e. The maximum atomic E-state index is 5.01. The van der Waals surface area contributed by atoms with E-state index in [1.54, 1.807) is 0 Å². The third kappa shape index (κ3) is 5.95. The maximum Gasteiger partial charge on any atom is 0.0463 e. The van der Waals surface area contributed by atoms with Gasteiger partial charge in [0.2, 0.25) is 0 Å². The van der Waals surface area contributed by atoms with E-state index in [0.29, 0.717) is 17.8 Å². The van der Waals surface area contributed by atoms with Crippen LogP contribution in [0.2, 0.25) is 0 Å². The molecule has 2 rings (SSSR count). The van der Waals surface area contributed by atoms with Crippen molar-refractivity contribution in [2.45, 2.75) is 72.1 Å². The van der Waals surface area contributed by atoms with Crippen LogP contribution in [-0.2, 0) is 11.8 Å². The molecule has 0 aromatic carbocycles. The second-order valence-electron chi connectivity index (χ2n) is 8.72. The van der Waals surface area contributed by atoms with Gasteiger partial charge in [0.05, 0.1) is 0 Å². The van der Waals surface area contributed by atoms with Gasteiger partial charge in [0, 0.05) is 29.2 Å². The van der Waals surface area contributed by atoms with Crippen molar-refractivity contribution >= 4 is 0 Å².